The summed E-state index contributed by atoms with van der Waals surface area (Å²) in [5.41, 5.74) is 3.66. The van der Waals surface area contributed by atoms with E-state index in [1.807, 2.05) is 42.7 Å². The van der Waals surface area contributed by atoms with Gasteiger partial charge < -0.3 is 15.2 Å². The molecule has 5 rings (SSSR count). The Balaban J connectivity index is 1.46. The molecule has 0 unspecified atom stereocenters. The topological polar surface area (TPSA) is 91.0 Å². The SMILES string of the molecule is CN(C)C(=O)c1cc(NC(=O)c2cc3c(-c4cnc5[nH]ccc5c4)cccc3s2)ccn1. The van der Waals surface area contributed by atoms with Crippen molar-refractivity contribution in [3.05, 3.63) is 77.7 Å². The summed E-state index contributed by atoms with van der Waals surface area (Å²) in [6, 6.07) is 15.3. The molecule has 0 bridgehead atoms. The number of aromatic nitrogens is 3. The van der Waals surface area contributed by atoms with E-state index in [4.69, 9.17) is 0 Å². The molecule has 0 saturated heterocycles. The van der Waals surface area contributed by atoms with E-state index in [1.165, 1.54) is 22.4 Å². The van der Waals surface area contributed by atoms with Gasteiger partial charge in [-0.25, -0.2) is 4.98 Å². The molecule has 32 heavy (non-hydrogen) atoms. The first kappa shape index (κ1) is 19.9. The standard InChI is InChI=1S/C24H19N5O2S/c1-29(2)24(31)19-11-16(7-9-25-19)28-23(30)21-12-18-17(4-3-5-20(18)32-21)15-10-14-6-8-26-22(14)27-13-15/h3-13H,1-2H3,(H,26,27)(H,25,28,30). The summed E-state index contributed by atoms with van der Waals surface area (Å²) >= 11 is 1.42. The Bertz CT molecular complexity index is 1480. The molecule has 5 aromatic rings. The minimum absolute atomic E-state index is 0.222. The largest absolute Gasteiger partial charge is 0.346 e. The maximum absolute atomic E-state index is 13.0. The smallest absolute Gasteiger partial charge is 0.272 e. The van der Waals surface area contributed by atoms with Crippen LogP contribution >= 0.6 is 11.3 Å². The van der Waals surface area contributed by atoms with Crippen molar-refractivity contribution in [2.75, 3.05) is 19.4 Å². The predicted molar refractivity (Wildman–Crippen MR) is 127 cm³/mol. The van der Waals surface area contributed by atoms with E-state index in [0.29, 0.717) is 10.6 Å². The minimum atomic E-state index is -0.231. The Morgan fingerprint density at radius 2 is 1.94 bits per heavy atom. The van der Waals surface area contributed by atoms with Crippen LogP contribution in [0.25, 0.3) is 32.2 Å². The summed E-state index contributed by atoms with van der Waals surface area (Å²) in [6.07, 6.45) is 5.22. The van der Waals surface area contributed by atoms with Gasteiger partial charge in [0.2, 0.25) is 0 Å². The van der Waals surface area contributed by atoms with Crippen LogP contribution in [0.3, 0.4) is 0 Å². The number of H-pyrrole nitrogens is 1. The fourth-order valence-electron chi connectivity index (χ4n) is 3.56. The highest BCUT2D eigenvalue weighted by molar-refractivity contribution is 7.21. The van der Waals surface area contributed by atoms with Gasteiger partial charge in [0.1, 0.15) is 11.3 Å². The zero-order valence-electron chi connectivity index (χ0n) is 17.4. The van der Waals surface area contributed by atoms with Crippen LogP contribution in [0.1, 0.15) is 20.2 Å². The molecule has 8 heteroatoms. The molecule has 7 nitrogen and oxygen atoms in total. The molecule has 2 N–H and O–H groups in total. The lowest BCUT2D eigenvalue weighted by Gasteiger charge is -2.10. The summed E-state index contributed by atoms with van der Waals surface area (Å²) in [6.45, 7) is 0. The summed E-state index contributed by atoms with van der Waals surface area (Å²) in [5, 5.41) is 4.91. The second-order valence-corrected chi connectivity index (χ2v) is 8.63. The molecular formula is C24H19N5O2S. The molecule has 4 heterocycles. The van der Waals surface area contributed by atoms with Crippen LogP contribution in [0.4, 0.5) is 5.69 Å². The van der Waals surface area contributed by atoms with E-state index in [0.717, 1.165) is 32.2 Å². The van der Waals surface area contributed by atoms with Crippen molar-refractivity contribution < 1.29 is 9.59 Å². The monoisotopic (exact) mass is 441 g/mol. The number of hydrogen-bond donors (Lipinski definition) is 2. The summed E-state index contributed by atoms with van der Waals surface area (Å²) < 4.78 is 1.01. The van der Waals surface area contributed by atoms with E-state index < -0.39 is 0 Å². The second-order valence-electron chi connectivity index (χ2n) is 7.55. The molecule has 0 spiro atoms. The third-order valence-electron chi connectivity index (χ3n) is 5.14. The number of amides is 2. The maximum Gasteiger partial charge on any atom is 0.272 e. The number of carbonyl (C=O) groups excluding carboxylic acids is 2. The average Bonchev–Trinajstić information content (AvgIpc) is 3.45. The average molecular weight is 442 g/mol. The summed E-state index contributed by atoms with van der Waals surface area (Å²) in [4.78, 5) is 38.8. The van der Waals surface area contributed by atoms with Crippen molar-refractivity contribution in [1.82, 2.24) is 19.9 Å². The van der Waals surface area contributed by atoms with Gasteiger partial charge in [-0.2, -0.15) is 0 Å². The van der Waals surface area contributed by atoms with Gasteiger partial charge >= 0.3 is 0 Å². The molecule has 0 fully saturated rings. The Labute approximate surface area is 187 Å². The molecule has 0 saturated carbocycles. The summed E-state index contributed by atoms with van der Waals surface area (Å²) in [7, 11) is 3.32. The van der Waals surface area contributed by atoms with Crippen LogP contribution < -0.4 is 5.32 Å². The van der Waals surface area contributed by atoms with Crippen LogP contribution in [0, 0.1) is 0 Å². The molecule has 158 valence electrons. The Morgan fingerprint density at radius 3 is 2.78 bits per heavy atom. The Hall–Kier alpha value is -4.04. The predicted octanol–water partition coefficient (Wildman–Crippen LogP) is 4.79. The van der Waals surface area contributed by atoms with E-state index in [2.05, 4.69) is 26.3 Å². The van der Waals surface area contributed by atoms with Crippen molar-refractivity contribution in [2.24, 2.45) is 0 Å². The zero-order chi connectivity index (χ0) is 22.2. The van der Waals surface area contributed by atoms with Gasteiger partial charge in [0.15, 0.2) is 0 Å². The number of aromatic amines is 1. The first-order valence-corrected chi connectivity index (χ1v) is 10.8. The molecule has 4 aromatic heterocycles. The van der Waals surface area contributed by atoms with Gasteiger partial charge in [0, 0.05) is 59.4 Å². The number of benzene rings is 1. The van der Waals surface area contributed by atoms with E-state index in [9.17, 15) is 9.59 Å². The van der Waals surface area contributed by atoms with Gasteiger partial charge in [-0.1, -0.05) is 12.1 Å². The lowest BCUT2D eigenvalue weighted by Crippen LogP contribution is -2.23. The van der Waals surface area contributed by atoms with Crippen molar-refractivity contribution >= 4 is 50.0 Å². The van der Waals surface area contributed by atoms with Crippen LogP contribution in [-0.2, 0) is 0 Å². The molecule has 0 atom stereocenters. The van der Waals surface area contributed by atoms with Crippen LogP contribution in [0.5, 0.6) is 0 Å². The van der Waals surface area contributed by atoms with Gasteiger partial charge in [0.25, 0.3) is 11.8 Å². The molecule has 1 aromatic carbocycles. The van der Waals surface area contributed by atoms with Gasteiger partial charge in [-0.15, -0.1) is 11.3 Å². The molecule has 0 aliphatic rings. The molecule has 0 aliphatic heterocycles. The maximum atomic E-state index is 13.0. The first-order chi connectivity index (χ1) is 15.5. The lowest BCUT2D eigenvalue weighted by molar-refractivity contribution is 0.0821. The number of nitrogens with one attached hydrogen (secondary N) is 2. The third-order valence-corrected chi connectivity index (χ3v) is 6.24. The third kappa shape index (κ3) is 3.61. The van der Waals surface area contributed by atoms with Gasteiger partial charge in [-0.3, -0.25) is 14.6 Å². The molecule has 0 radical (unpaired) electrons. The highest BCUT2D eigenvalue weighted by Crippen LogP contribution is 2.35. The fourth-order valence-corrected chi connectivity index (χ4v) is 4.54. The number of thiophene rings is 1. The Kier molecular flexibility index (Phi) is 4.91. The zero-order valence-corrected chi connectivity index (χ0v) is 18.2. The van der Waals surface area contributed by atoms with Crippen LogP contribution in [0.2, 0.25) is 0 Å². The molecule has 0 aliphatic carbocycles. The number of fused-ring (bicyclic) bond motifs is 2. The Morgan fingerprint density at radius 1 is 1.06 bits per heavy atom. The molecular weight excluding hydrogens is 422 g/mol. The highest BCUT2D eigenvalue weighted by Gasteiger charge is 2.16. The van der Waals surface area contributed by atoms with E-state index >= 15 is 0 Å². The second kappa shape index (κ2) is 7.90. The quantitative estimate of drug-likeness (QED) is 0.419. The highest BCUT2D eigenvalue weighted by atomic mass is 32.1. The number of hydrogen-bond acceptors (Lipinski definition) is 5. The first-order valence-electron chi connectivity index (χ1n) is 9.95. The van der Waals surface area contributed by atoms with Crippen LogP contribution in [0.15, 0.2) is 67.1 Å². The summed E-state index contributed by atoms with van der Waals surface area (Å²) in [5.74, 6) is -0.452. The number of carbonyl (C=O) groups is 2. The van der Waals surface area contributed by atoms with Gasteiger partial charge in [-0.05, 0) is 42.0 Å². The van der Waals surface area contributed by atoms with Crippen LogP contribution in [-0.4, -0.2) is 45.8 Å². The van der Waals surface area contributed by atoms with Gasteiger partial charge in [0.05, 0.1) is 4.88 Å². The van der Waals surface area contributed by atoms with Crippen molar-refractivity contribution in [2.45, 2.75) is 0 Å². The van der Waals surface area contributed by atoms with Crippen molar-refractivity contribution in [3.63, 3.8) is 0 Å². The molecule has 2 amide bonds. The number of anilines is 1. The number of nitrogens with zero attached hydrogens (tertiary/aromatic N) is 3. The lowest BCUT2D eigenvalue weighted by atomic mass is 10.0. The van der Waals surface area contributed by atoms with Crippen molar-refractivity contribution in [3.8, 4) is 11.1 Å². The minimum Gasteiger partial charge on any atom is -0.346 e. The van der Waals surface area contributed by atoms with E-state index in [1.54, 1.807) is 26.2 Å². The number of rotatable bonds is 4. The van der Waals surface area contributed by atoms with Crippen molar-refractivity contribution in [1.29, 1.82) is 0 Å². The van der Waals surface area contributed by atoms with E-state index in [-0.39, 0.29) is 17.5 Å². The fraction of sp³-hybridized carbons (Fsp3) is 0.0833. The number of pyridine rings is 2. The normalized spacial score (nSPS) is 11.1.